The summed E-state index contributed by atoms with van der Waals surface area (Å²) in [4.78, 5) is 0. The Kier molecular flexibility index (Phi) is 2.23. The van der Waals surface area contributed by atoms with Crippen LogP contribution in [0.15, 0.2) is 0 Å². The number of hydrogen-bond donors (Lipinski definition) is 0. The lowest BCUT2D eigenvalue weighted by atomic mass is 10.1. The van der Waals surface area contributed by atoms with Crippen LogP contribution >= 0.6 is 11.8 Å². The third kappa shape index (κ3) is 1.41. The first-order chi connectivity index (χ1) is 3.93. The molecular weight excluding hydrogens is 118 g/mol. The molecule has 0 bridgehead atoms. The Morgan fingerprint density at radius 2 is 2.50 bits per heavy atom. The highest BCUT2D eigenvalue weighted by Crippen LogP contribution is 2.21. The summed E-state index contributed by atoms with van der Waals surface area (Å²) >= 11 is 1.91. The molecule has 2 heteroatoms. The first-order valence-electron chi connectivity index (χ1n) is 2.91. The summed E-state index contributed by atoms with van der Waals surface area (Å²) in [6.07, 6.45) is 2.37. The molecule has 0 radical (unpaired) electrons. The van der Waals surface area contributed by atoms with Gasteiger partial charge >= 0.3 is 0 Å². The fourth-order valence-electron chi connectivity index (χ4n) is 0.843. The van der Waals surface area contributed by atoms with Crippen molar-refractivity contribution in [1.29, 1.82) is 5.26 Å². The Morgan fingerprint density at radius 3 is 2.88 bits per heavy atom. The van der Waals surface area contributed by atoms with Crippen LogP contribution in [0.4, 0.5) is 0 Å². The third-order valence-corrected chi connectivity index (χ3v) is 2.56. The minimum Gasteiger partial charge on any atom is -0.198 e. The molecular formula is C6H9NS. The summed E-state index contributed by atoms with van der Waals surface area (Å²) < 4.78 is 0. The summed E-state index contributed by atoms with van der Waals surface area (Å²) in [5.74, 6) is 2.68. The SMILES string of the molecule is N#CC1CCCSC1. The van der Waals surface area contributed by atoms with Crippen molar-refractivity contribution in [2.75, 3.05) is 11.5 Å². The fourth-order valence-corrected chi connectivity index (χ4v) is 1.91. The lowest BCUT2D eigenvalue weighted by Crippen LogP contribution is -2.07. The lowest BCUT2D eigenvalue weighted by Gasteiger charge is -2.12. The van der Waals surface area contributed by atoms with Gasteiger partial charge in [0.05, 0.1) is 12.0 Å². The smallest absolute Gasteiger partial charge is 0.0664 e. The van der Waals surface area contributed by atoms with Crippen molar-refractivity contribution in [1.82, 2.24) is 0 Å². The fraction of sp³-hybridized carbons (Fsp3) is 0.833. The molecule has 0 aliphatic carbocycles. The van der Waals surface area contributed by atoms with E-state index in [1.165, 1.54) is 12.2 Å². The summed E-state index contributed by atoms with van der Waals surface area (Å²) in [5.41, 5.74) is 0. The lowest BCUT2D eigenvalue weighted by molar-refractivity contribution is 0.642. The number of rotatable bonds is 0. The van der Waals surface area contributed by atoms with Gasteiger partial charge in [-0.05, 0) is 18.6 Å². The third-order valence-electron chi connectivity index (χ3n) is 1.34. The highest BCUT2D eigenvalue weighted by atomic mass is 32.2. The van der Waals surface area contributed by atoms with Crippen molar-refractivity contribution < 1.29 is 0 Å². The van der Waals surface area contributed by atoms with E-state index >= 15 is 0 Å². The molecule has 1 heterocycles. The zero-order chi connectivity index (χ0) is 5.82. The van der Waals surface area contributed by atoms with E-state index < -0.39 is 0 Å². The molecule has 0 aromatic carbocycles. The van der Waals surface area contributed by atoms with Crippen LogP contribution < -0.4 is 0 Å². The molecule has 1 saturated heterocycles. The Balaban J connectivity index is 2.25. The highest BCUT2D eigenvalue weighted by molar-refractivity contribution is 7.99. The molecule has 1 rings (SSSR count). The Hall–Kier alpha value is -0.160. The van der Waals surface area contributed by atoms with Crippen molar-refractivity contribution in [3.8, 4) is 6.07 Å². The van der Waals surface area contributed by atoms with Crippen molar-refractivity contribution in [3.05, 3.63) is 0 Å². The van der Waals surface area contributed by atoms with Gasteiger partial charge in [0.2, 0.25) is 0 Å². The van der Waals surface area contributed by atoms with Gasteiger partial charge < -0.3 is 0 Å². The topological polar surface area (TPSA) is 23.8 Å². The molecule has 0 amide bonds. The Morgan fingerprint density at radius 1 is 1.62 bits per heavy atom. The average Bonchev–Trinajstić information content (AvgIpc) is 1.90. The van der Waals surface area contributed by atoms with Crippen LogP contribution in [0.25, 0.3) is 0 Å². The molecule has 1 atom stereocenters. The normalized spacial score (nSPS) is 29.1. The largest absolute Gasteiger partial charge is 0.198 e. The van der Waals surface area contributed by atoms with Gasteiger partial charge in [-0.2, -0.15) is 17.0 Å². The first kappa shape index (κ1) is 5.97. The molecule has 44 valence electrons. The molecule has 1 aliphatic heterocycles. The van der Waals surface area contributed by atoms with Gasteiger partial charge in [0, 0.05) is 5.75 Å². The summed E-state index contributed by atoms with van der Waals surface area (Å²) in [6, 6.07) is 2.28. The predicted molar refractivity (Wildman–Crippen MR) is 35.7 cm³/mol. The van der Waals surface area contributed by atoms with E-state index in [2.05, 4.69) is 6.07 Å². The number of hydrogen-bond acceptors (Lipinski definition) is 2. The van der Waals surface area contributed by atoms with E-state index in [4.69, 9.17) is 5.26 Å². The molecule has 0 aromatic heterocycles. The second-order valence-corrected chi connectivity index (χ2v) is 3.19. The van der Waals surface area contributed by atoms with Crippen molar-refractivity contribution in [2.45, 2.75) is 12.8 Å². The van der Waals surface area contributed by atoms with Gasteiger partial charge in [-0.15, -0.1) is 0 Å². The van der Waals surface area contributed by atoms with Gasteiger partial charge in [0.1, 0.15) is 0 Å². The molecule has 0 spiro atoms. The Labute approximate surface area is 54.1 Å². The minimum atomic E-state index is 0.355. The molecule has 8 heavy (non-hydrogen) atoms. The number of thioether (sulfide) groups is 1. The zero-order valence-corrected chi connectivity index (χ0v) is 5.58. The average molecular weight is 127 g/mol. The van der Waals surface area contributed by atoms with E-state index in [9.17, 15) is 0 Å². The van der Waals surface area contributed by atoms with Crippen LogP contribution in [0.3, 0.4) is 0 Å². The Bertz CT molecular complexity index is 99.6. The van der Waals surface area contributed by atoms with E-state index in [0.29, 0.717) is 5.92 Å². The highest BCUT2D eigenvalue weighted by Gasteiger charge is 2.11. The van der Waals surface area contributed by atoms with Crippen molar-refractivity contribution in [3.63, 3.8) is 0 Å². The maximum Gasteiger partial charge on any atom is 0.0664 e. The standard InChI is InChI=1S/C6H9NS/c7-4-6-2-1-3-8-5-6/h6H,1-3,5H2. The zero-order valence-electron chi connectivity index (χ0n) is 4.76. The van der Waals surface area contributed by atoms with E-state index in [1.54, 1.807) is 0 Å². The molecule has 0 saturated carbocycles. The van der Waals surface area contributed by atoms with Gasteiger partial charge in [-0.3, -0.25) is 0 Å². The van der Waals surface area contributed by atoms with Gasteiger partial charge in [0.25, 0.3) is 0 Å². The molecule has 1 unspecified atom stereocenters. The maximum atomic E-state index is 8.43. The first-order valence-corrected chi connectivity index (χ1v) is 4.06. The summed E-state index contributed by atoms with van der Waals surface area (Å²) in [7, 11) is 0. The minimum absolute atomic E-state index is 0.355. The molecule has 0 aromatic rings. The molecule has 1 aliphatic rings. The quantitative estimate of drug-likeness (QED) is 0.494. The van der Waals surface area contributed by atoms with Crippen LogP contribution in [-0.2, 0) is 0 Å². The summed E-state index contributed by atoms with van der Waals surface area (Å²) in [6.45, 7) is 0. The molecule has 1 fully saturated rings. The number of nitriles is 1. The van der Waals surface area contributed by atoms with Gasteiger partial charge in [-0.25, -0.2) is 0 Å². The molecule has 0 N–H and O–H groups in total. The van der Waals surface area contributed by atoms with E-state index in [1.807, 2.05) is 11.8 Å². The second-order valence-electron chi connectivity index (χ2n) is 2.04. The van der Waals surface area contributed by atoms with Crippen LogP contribution in [0.2, 0.25) is 0 Å². The van der Waals surface area contributed by atoms with Gasteiger partial charge in [-0.1, -0.05) is 0 Å². The molecule has 1 nitrogen and oxygen atoms in total. The second kappa shape index (κ2) is 2.99. The predicted octanol–water partition coefficient (Wildman–Crippen LogP) is 1.65. The van der Waals surface area contributed by atoms with E-state index in [0.717, 1.165) is 12.2 Å². The van der Waals surface area contributed by atoms with Crippen molar-refractivity contribution in [2.24, 2.45) is 5.92 Å². The van der Waals surface area contributed by atoms with Gasteiger partial charge in [0.15, 0.2) is 0 Å². The van der Waals surface area contributed by atoms with Crippen LogP contribution in [0.5, 0.6) is 0 Å². The number of nitrogens with zero attached hydrogens (tertiary/aromatic N) is 1. The van der Waals surface area contributed by atoms with Crippen LogP contribution in [-0.4, -0.2) is 11.5 Å². The van der Waals surface area contributed by atoms with Crippen LogP contribution in [0, 0.1) is 17.2 Å². The maximum absolute atomic E-state index is 8.43. The monoisotopic (exact) mass is 127 g/mol. The van der Waals surface area contributed by atoms with E-state index in [-0.39, 0.29) is 0 Å². The van der Waals surface area contributed by atoms with Crippen LogP contribution in [0.1, 0.15) is 12.8 Å². The van der Waals surface area contributed by atoms with Crippen molar-refractivity contribution >= 4 is 11.8 Å². The summed E-state index contributed by atoms with van der Waals surface area (Å²) in [5, 5.41) is 8.43.